The molecule has 0 saturated carbocycles. The minimum atomic E-state index is 0.758. The van der Waals surface area contributed by atoms with Crippen LogP contribution in [0.2, 0.25) is 0 Å². The highest BCUT2D eigenvalue weighted by atomic mass is 14.4. The summed E-state index contributed by atoms with van der Waals surface area (Å²) in [6, 6.07) is 18.2. The van der Waals surface area contributed by atoms with Crippen LogP contribution in [0.15, 0.2) is 48.5 Å². The van der Waals surface area contributed by atoms with Crippen LogP contribution in [0, 0.1) is 0 Å². The number of aryl methyl sites for hydroxylation is 2. The second kappa shape index (κ2) is 4.52. The minimum absolute atomic E-state index is 0.758. The Morgan fingerprint density at radius 3 is 1.95 bits per heavy atom. The molecule has 0 radical (unpaired) electrons. The van der Waals surface area contributed by atoms with Crippen LogP contribution in [0.4, 0.5) is 0 Å². The largest absolute Gasteiger partial charge is 0.0620 e. The van der Waals surface area contributed by atoms with Gasteiger partial charge in [0.05, 0.1) is 0 Å². The van der Waals surface area contributed by atoms with E-state index < -0.39 is 0 Å². The minimum Gasteiger partial charge on any atom is -0.0620 e. The van der Waals surface area contributed by atoms with E-state index in [0.717, 1.165) is 11.8 Å². The van der Waals surface area contributed by atoms with Gasteiger partial charge in [-0.2, -0.15) is 0 Å². The van der Waals surface area contributed by atoms with Gasteiger partial charge in [0, 0.05) is 0 Å². The topological polar surface area (TPSA) is 0 Å². The Hall–Kier alpha value is -1.56. The molecule has 2 aromatic rings. The van der Waals surface area contributed by atoms with Gasteiger partial charge in [-0.25, -0.2) is 0 Å². The Labute approximate surface area is 115 Å². The lowest BCUT2D eigenvalue weighted by molar-refractivity contribution is 0.463. The van der Waals surface area contributed by atoms with E-state index in [9.17, 15) is 0 Å². The monoisotopic (exact) mass is 248 g/mol. The van der Waals surface area contributed by atoms with Crippen molar-refractivity contribution in [2.45, 2.75) is 43.9 Å². The van der Waals surface area contributed by atoms with Crippen LogP contribution in [0.3, 0.4) is 0 Å². The van der Waals surface area contributed by atoms with Crippen LogP contribution >= 0.6 is 0 Å². The predicted octanol–water partition coefficient (Wildman–Crippen LogP) is 4.84. The fourth-order valence-electron chi connectivity index (χ4n) is 4.22. The molecular weight excluding hydrogens is 228 g/mol. The summed E-state index contributed by atoms with van der Waals surface area (Å²) in [5, 5.41) is 0. The summed E-state index contributed by atoms with van der Waals surface area (Å²) in [5.74, 6) is 1.52. The summed E-state index contributed by atoms with van der Waals surface area (Å²) in [4.78, 5) is 0. The number of benzene rings is 2. The lowest BCUT2D eigenvalue weighted by atomic mass is 9.74. The molecule has 19 heavy (non-hydrogen) atoms. The van der Waals surface area contributed by atoms with Crippen molar-refractivity contribution in [2.75, 3.05) is 0 Å². The standard InChI is InChI=1S/C19H20/c1-3-9-16-14(6-1)8-5-11-18(16)19-13-12-15-7-2-4-10-17(15)19/h1-4,6-7,9-10,18-19H,5,8,11-13H2. The van der Waals surface area contributed by atoms with Crippen LogP contribution in [0.5, 0.6) is 0 Å². The first kappa shape index (κ1) is 11.3. The van der Waals surface area contributed by atoms with Gasteiger partial charge in [-0.3, -0.25) is 0 Å². The van der Waals surface area contributed by atoms with Crippen LogP contribution in [-0.2, 0) is 12.8 Å². The quantitative estimate of drug-likeness (QED) is 0.677. The van der Waals surface area contributed by atoms with E-state index in [1.54, 1.807) is 22.3 Å². The molecule has 0 spiro atoms. The van der Waals surface area contributed by atoms with Crippen molar-refractivity contribution in [1.29, 1.82) is 0 Å². The Bertz CT molecular complexity index is 596. The summed E-state index contributed by atoms with van der Waals surface area (Å²) in [6.45, 7) is 0. The highest BCUT2D eigenvalue weighted by Gasteiger charge is 2.32. The third-order valence-electron chi connectivity index (χ3n) is 5.08. The van der Waals surface area contributed by atoms with E-state index in [-0.39, 0.29) is 0 Å². The lowest BCUT2D eigenvalue weighted by Crippen LogP contribution is -2.15. The van der Waals surface area contributed by atoms with Crippen LogP contribution in [0.1, 0.15) is 53.4 Å². The lowest BCUT2D eigenvalue weighted by Gasteiger charge is -2.30. The Morgan fingerprint density at radius 1 is 0.632 bits per heavy atom. The first-order chi connectivity index (χ1) is 9.43. The smallest absolute Gasteiger partial charge is 0.00871 e. The molecule has 4 rings (SSSR count). The summed E-state index contributed by atoms with van der Waals surface area (Å²) in [6.07, 6.45) is 6.63. The molecule has 0 N–H and O–H groups in total. The van der Waals surface area contributed by atoms with Gasteiger partial charge in [0.1, 0.15) is 0 Å². The van der Waals surface area contributed by atoms with Crippen LogP contribution < -0.4 is 0 Å². The van der Waals surface area contributed by atoms with Gasteiger partial charge < -0.3 is 0 Å². The zero-order chi connectivity index (χ0) is 12.7. The van der Waals surface area contributed by atoms with E-state index in [1.165, 1.54) is 32.1 Å². The van der Waals surface area contributed by atoms with Crippen molar-refractivity contribution < 1.29 is 0 Å². The first-order valence-electron chi connectivity index (χ1n) is 7.59. The van der Waals surface area contributed by atoms with Gasteiger partial charge in [0.25, 0.3) is 0 Å². The average Bonchev–Trinajstić information content (AvgIpc) is 2.90. The molecule has 0 amide bonds. The molecular formula is C19H20. The van der Waals surface area contributed by atoms with Crippen LogP contribution in [0.25, 0.3) is 0 Å². The van der Waals surface area contributed by atoms with Gasteiger partial charge in [-0.15, -0.1) is 0 Å². The SMILES string of the molecule is c1ccc2c(c1)CCCC2C1CCc2ccccc21. The predicted molar refractivity (Wildman–Crippen MR) is 79.6 cm³/mol. The Balaban J connectivity index is 1.76. The maximum atomic E-state index is 2.38. The third kappa shape index (κ3) is 1.82. The van der Waals surface area contributed by atoms with E-state index in [1.807, 2.05) is 0 Å². The molecule has 2 aromatic carbocycles. The second-order valence-corrected chi connectivity index (χ2v) is 6.04. The molecule has 0 nitrogen and oxygen atoms in total. The second-order valence-electron chi connectivity index (χ2n) is 6.04. The van der Waals surface area contributed by atoms with Gasteiger partial charge in [-0.05, 0) is 66.2 Å². The summed E-state index contributed by atoms with van der Waals surface area (Å²) in [7, 11) is 0. The van der Waals surface area contributed by atoms with Gasteiger partial charge in [0.2, 0.25) is 0 Å². The van der Waals surface area contributed by atoms with Crippen molar-refractivity contribution in [2.24, 2.45) is 0 Å². The van der Waals surface area contributed by atoms with Crippen molar-refractivity contribution in [3.8, 4) is 0 Å². The molecule has 2 aliphatic rings. The molecule has 0 aromatic heterocycles. The van der Waals surface area contributed by atoms with Gasteiger partial charge in [0.15, 0.2) is 0 Å². The van der Waals surface area contributed by atoms with Crippen molar-refractivity contribution >= 4 is 0 Å². The fraction of sp³-hybridized carbons (Fsp3) is 0.368. The van der Waals surface area contributed by atoms with E-state index in [2.05, 4.69) is 48.5 Å². The molecule has 96 valence electrons. The van der Waals surface area contributed by atoms with Crippen molar-refractivity contribution in [1.82, 2.24) is 0 Å². The normalized spacial score (nSPS) is 24.8. The molecule has 2 unspecified atom stereocenters. The van der Waals surface area contributed by atoms with Crippen molar-refractivity contribution in [3.05, 3.63) is 70.8 Å². The number of rotatable bonds is 1. The van der Waals surface area contributed by atoms with Gasteiger partial charge >= 0.3 is 0 Å². The van der Waals surface area contributed by atoms with E-state index in [0.29, 0.717) is 0 Å². The van der Waals surface area contributed by atoms with E-state index >= 15 is 0 Å². The molecule has 0 fully saturated rings. The Morgan fingerprint density at radius 2 is 1.21 bits per heavy atom. The fourth-order valence-corrected chi connectivity index (χ4v) is 4.22. The van der Waals surface area contributed by atoms with Crippen LogP contribution in [-0.4, -0.2) is 0 Å². The summed E-state index contributed by atoms with van der Waals surface area (Å²) >= 11 is 0. The molecule has 2 aliphatic carbocycles. The summed E-state index contributed by atoms with van der Waals surface area (Å²) in [5.41, 5.74) is 6.46. The first-order valence-corrected chi connectivity index (χ1v) is 7.59. The molecule has 0 heteroatoms. The zero-order valence-corrected chi connectivity index (χ0v) is 11.3. The molecule has 2 atom stereocenters. The molecule has 0 heterocycles. The molecule has 0 saturated heterocycles. The zero-order valence-electron chi connectivity index (χ0n) is 11.3. The molecule has 0 aliphatic heterocycles. The highest BCUT2D eigenvalue weighted by molar-refractivity contribution is 5.41. The highest BCUT2D eigenvalue weighted by Crippen LogP contribution is 2.47. The Kier molecular flexibility index (Phi) is 2.69. The number of hydrogen-bond donors (Lipinski definition) is 0. The maximum Gasteiger partial charge on any atom is -0.00871 e. The van der Waals surface area contributed by atoms with Crippen molar-refractivity contribution in [3.63, 3.8) is 0 Å². The number of fused-ring (bicyclic) bond motifs is 2. The summed E-state index contributed by atoms with van der Waals surface area (Å²) < 4.78 is 0. The maximum absolute atomic E-state index is 2.38. The van der Waals surface area contributed by atoms with Gasteiger partial charge in [-0.1, -0.05) is 48.5 Å². The van der Waals surface area contributed by atoms with E-state index in [4.69, 9.17) is 0 Å². The third-order valence-corrected chi connectivity index (χ3v) is 5.08. The molecule has 0 bridgehead atoms. The number of hydrogen-bond acceptors (Lipinski definition) is 0. The average molecular weight is 248 g/mol.